The fourth-order valence-corrected chi connectivity index (χ4v) is 3.30. The minimum absolute atomic E-state index is 0.104. The average Bonchev–Trinajstić information content (AvgIpc) is 2.75. The van der Waals surface area contributed by atoms with E-state index in [4.69, 9.17) is 12.2 Å². The number of rotatable bonds is 6. The van der Waals surface area contributed by atoms with E-state index in [1.165, 1.54) is 11.6 Å². The molecule has 0 aliphatic rings. The molecule has 2 aromatic carbocycles. The zero-order valence-corrected chi connectivity index (χ0v) is 17.5. The van der Waals surface area contributed by atoms with Crippen molar-refractivity contribution in [2.24, 2.45) is 0 Å². The first-order valence-electron chi connectivity index (χ1n) is 9.44. The Morgan fingerprint density at radius 2 is 1.77 bits per heavy atom. The number of aryl methyl sites for hydroxylation is 2. The highest BCUT2D eigenvalue weighted by molar-refractivity contribution is 7.81. The van der Waals surface area contributed by atoms with Gasteiger partial charge in [-0.25, -0.2) is 0 Å². The van der Waals surface area contributed by atoms with E-state index < -0.39 is 10.7 Å². The molecule has 3 rings (SSSR count). The topological polar surface area (TPSA) is 82.1 Å². The Balaban J connectivity index is 2.07. The van der Waals surface area contributed by atoms with Crippen molar-refractivity contribution < 1.29 is 14.6 Å². The summed E-state index contributed by atoms with van der Waals surface area (Å²) < 4.78 is 1.61. The Morgan fingerprint density at radius 3 is 2.37 bits per heavy atom. The molecule has 0 fully saturated rings. The molecule has 1 N–H and O–H groups in total. The van der Waals surface area contributed by atoms with Gasteiger partial charge in [-0.1, -0.05) is 49.5 Å². The maximum Gasteiger partial charge on any atom is 0.272 e. The molecule has 0 aliphatic heterocycles. The molecule has 0 amide bonds. The van der Waals surface area contributed by atoms with Gasteiger partial charge in [-0.15, -0.1) is 0 Å². The van der Waals surface area contributed by atoms with Gasteiger partial charge >= 0.3 is 0 Å². The minimum Gasteiger partial charge on any atom is -0.867 e. The predicted octanol–water partition coefficient (Wildman–Crippen LogP) is 3.88. The number of hydrogen-bond acceptors (Lipinski definition) is 4. The number of thiocarbonyl (C=S) groups is 1. The fourth-order valence-electron chi connectivity index (χ4n) is 2.98. The SMILES string of the molecule is CCc1ccc(NC(=S)C(=C([O-])c2ccc(C)c([N+](=O)[O-])c2)[n+]2ccccc2)cc1. The largest absolute Gasteiger partial charge is 0.867 e. The van der Waals surface area contributed by atoms with Crippen LogP contribution in [-0.2, 0) is 6.42 Å². The minimum atomic E-state index is -0.493. The van der Waals surface area contributed by atoms with Crippen molar-refractivity contribution in [2.45, 2.75) is 20.3 Å². The monoisotopic (exact) mass is 419 g/mol. The molecule has 0 bridgehead atoms. The quantitative estimate of drug-likeness (QED) is 0.164. The van der Waals surface area contributed by atoms with Crippen LogP contribution < -0.4 is 15.0 Å². The van der Waals surface area contributed by atoms with Crippen LogP contribution in [0.15, 0.2) is 73.1 Å². The summed E-state index contributed by atoms with van der Waals surface area (Å²) in [4.78, 5) is 11.0. The Hall–Kier alpha value is -3.58. The van der Waals surface area contributed by atoms with Crippen molar-refractivity contribution in [3.05, 3.63) is 99.9 Å². The normalized spacial score (nSPS) is 11.5. The smallest absolute Gasteiger partial charge is 0.272 e. The molecule has 1 aromatic heterocycles. The van der Waals surface area contributed by atoms with Gasteiger partial charge in [0, 0.05) is 29.4 Å². The van der Waals surface area contributed by atoms with Crippen molar-refractivity contribution in [2.75, 3.05) is 5.32 Å². The molecule has 1 heterocycles. The first-order valence-corrected chi connectivity index (χ1v) is 9.85. The van der Waals surface area contributed by atoms with Crippen molar-refractivity contribution in [3.63, 3.8) is 0 Å². The van der Waals surface area contributed by atoms with Gasteiger partial charge in [0.25, 0.3) is 5.69 Å². The molecular formula is C23H21N3O3S. The van der Waals surface area contributed by atoms with Crippen LogP contribution >= 0.6 is 12.2 Å². The van der Waals surface area contributed by atoms with E-state index in [2.05, 4.69) is 12.2 Å². The molecule has 0 unspecified atom stereocenters. The molecule has 152 valence electrons. The highest BCUT2D eigenvalue weighted by Crippen LogP contribution is 2.24. The number of anilines is 1. The van der Waals surface area contributed by atoms with Gasteiger partial charge in [0.15, 0.2) is 17.4 Å². The molecule has 0 aliphatic carbocycles. The van der Waals surface area contributed by atoms with E-state index in [0.29, 0.717) is 5.56 Å². The Kier molecular flexibility index (Phi) is 6.54. The van der Waals surface area contributed by atoms with E-state index in [0.717, 1.165) is 12.1 Å². The first kappa shape index (κ1) is 21.1. The summed E-state index contributed by atoms with van der Waals surface area (Å²) >= 11 is 5.56. The number of aromatic nitrogens is 1. The van der Waals surface area contributed by atoms with Crippen LogP contribution in [0.3, 0.4) is 0 Å². The molecule has 0 atom stereocenters. The summed E-state index contributed by atoms with van der Waals surface area (Å²) in [5, 5.41) is 27.8. The number of nitrogens with one attached hydrogen (secondary N) is 1. The third-order valence-corrected chi connectivity index (χ3v) is 4.99. The highest BCUT2D eigenvalue weighted by atomic mass is 32.1. The second kappa shape index (κ2) is 9.28. The number of hydrogen-bond donors (Lipinski definition) is 1. The second-order valence-corrected chi connectivity index (χ2v) is 7.13. The van der Waals surface area contributed by atoms with E-state index in [1.807, 2.05) is 30.3 Å². The van der Waals surface area contributed by atoms with Crippen LogP contribution in [0.5, 0.6) is 0 Å². The summed E-state index contributed by atoms with van der Waals surface area (Å²) in [6.07, 6.45) is 4.35. The van der Waals surface area contributed by atoms with E-state index >= 15 is 0 Å². The molecular weight excluding hydrogens is 398 g/mol. The zero-order chi connectivity index (χ0) is 21.7. The van der Waals surface area contributed by atoms with Gasteiger partial charge in [-0.05, 0) is 42.4 Å². The number of pyridine rings is 1. The van der Waals surface area contributed by atoms with Crippen LogP contribution in [0, 0.1) is 17.0 Å². The maximum atomic E-state index is 13.4. The number of benzene rings is 2. The summed E-state index contributed by atoms with van der Waals surface area (Å²) in [5.74, 6) is -0.406. The summed E-state index contributed by atoms with van der Waals surface area (Å²) in [7, 11) is 0. The third-order valence-electron chi connectivity index (χ3n) is 4.69. The van der Waals surface area contributed by atoms with E-state index in [1.54, 1.807) is 48.1 Å². The van der Waals surface area contributed by atoms with Gasteiger partial charge in [0.2, 0.25) is 5.70 Å². The maximum absolute atomic E-state index is 13.4. The Morgan fingerprint density at radius 1 is 1.10 bits per heavy atom. The molecule has 30 heavy (non-hydrogen) atoms. The van der Waals surface area contributed by atoms with Crippen LogP contribution in [0.25, 0.3) is 11.5 Å². The van der Waals surface area contributed by atoms with E-state index in [-0.39, 0.29) is 21.9 Å². The molecule has 7 heteroatoms. The van der Waals surface area contributed by atoms with Gasteiger partial charge in [-0.3, -0.25) is 10.1 Å². The van der Waals surface area contributed by atoms with E-state index in [9.17, 15) is 15.2 Å². The lowest BCUT2D eigenvalue weighted by atomic mass is 10.1. The molecule has 0 saturated heterocycles. The highest BCUT2D eigenvalue weighted by Gasteiger charge is 2.20. The zero-order valence-electron chi connectivity index (χ0n) is 16.7. The average molecular weight is 420 g/mol. The Labute approximate surface area is 180 Å². The Bertz CT molecular complexity index is 1110. The third kappa shape index (κ3) is 4.69. The molecule has 0 spiro atoms. The number of nitro groups is 1. The van der Waals surface area contributed by atoms with Gasteiger partial charge < -0.3 is 10.4 Å². The predicted molar refractivity (Wildman–Crippen MR) is 120 cm³/mol. The van der Waals surface area contributed by atoms with Gasteiger partial charge in [0.05, 0.1) is 4.92 Å². The molecule has 0 saturated carbocycles. The lowest BCUT2D eigenvalue weighted by Crippen LogP contribution is -2.39. The summed E-state index contributed by atoms with van der Waals surface area (Å²) in [6.45, 7) is 3.71. The number of nitrogens with zero attached hydrogens (tertiary/aromatic N) is 2. The first-order chi connectivity index (χ1) is 14.4. The molecule has 6 nitrogen and oxygen atoms in total. The van der Waals surface area contributed by atoms with Crippen molar-refractivity contribution in [3.8, 4) is 0 Å². The summed E-state index contributed by atoms with van der Waals surface area (Å²) in [5.41, 5.74) is 2.74. The van der Waals surface area contributed by atoms with Gasteiger partial charge in [0.1, 0.15) is 0 Å². The van der Waals surface area contributed by atoms with Crippen LogP contribution in [0.1, 0.15) is 23.6 Å². The van der Waals surface area contributed by atoms with Crippen LogP contribution in [0.2, 0.25) is 0 Å². The fraction of sp³-hybridized carbons (Fsp3) is 0.130. The second-order valence-electron chi connectivity index (χ2n) is 6.72. The summed E-state index contributed by atoms with van der Waals surface area (Å²) in [6, 6.07) is 17.6. The van der Waals surface area contributed by atoms with Crippen LogP contribution in [0.4, 0.5) is 11.4 Å². The van der Waals surface area contributed by atoms with Crippen LogP contribution in [-0.4, -0.2) is 9.91 Å². The lowest BCUT2D eigenvalue weighted by molar-refractivity contribution is -0.577. The molecule has 0 radical (unpaired) electrons. The lowest BCUT2D eigenvalue weighted by Gasteiger charge is -2.17. The number of nitro benzene ring substituents is 1. The van der Waals surface area contributed by atoms with Gasteiger partial charge in [-0.2, -0.15) is 4.57 Å². The standard InChI is InChI=1S/C23H21N3O3S/c1-3-17-8-11-19(12-9-17)24-23(30)21(25-13-5-4-6-14-25)22(27)18-10-7-16(2)20(15-18)26(28)29/h4-15H,3H2,1-2H3,(H-,24,27,30). The molecule has 3 aromatic rings. The van der Waals surface area contributed by atoms with Crippen molar-refractivity contribution >= 4 is 40.0 Å². The van der Waals surface area contributed by atoms with Crippen molar-refractivity contribution in [1.29, 1.82) is 0 Å². The van der Waals surface area contributed by atoms with Crippen molar-refractivity contribution in [1.82, 2.24) is 0 Å².